The molecule has 0 bridgehead atoms. The van der Waals surface area contributed by atoms with Crippen LogP contribution in [0.3, 0.4) is 0 Å². The van der Waals surface area contributed by atoms with Crippen LogP contribution in [0.15, 0.2) is 12.7 Å². The minimum atomic E-state index is -1.59. The number of amides is 1. The predicted octanol–water partition coefficient (Wildman–Crippen LogP) is -0.125. The molecule has 2 N–H and O–H groups in total. The van der Waals surface area contributed by atoms with E-state index in [2.05, 4.69) is 11.3 Å². The molecule has 0 aliphatic heterocycles. The van der Waals surface area contributed by atoms with Crippen LogP contribution in [0.4, 0.5) is 4.79 Å². The van der Waals surface area contributed by atoms with Gasteiger partial charge < -0.3 is 9.84 Å². The van der Waals surface area contributed by atoms with Gasteiger partial charge in [0.25, 0.3) is 0 Å². The third-order valence-corrected chi connectivity index (χ3v) is 0.971. The third kappa shape index (κ3) is 4.42. The number of rotatable bonds is 4. The Morgan fingerprint density at radius 1 is 1.77 bits per heavy atom. The molecule has 0 radical (unpaired) electrons. The van der Waals surface area contributed by atoms with Crippen molar-refractivity contribution < 1.29 is 19.4 Å². The van der Waals surface area contributed by atoms with Gasteiger partial charge in [0, 0.05) is 0 Å². The Balaban J connectivity index is 3.96. The Bertz CT molecular complexity index is 256. The van der Waals surface area contributed by atoms with Crippen LogP contribution in [-0.4, -0.2) is 29.8 Å². The first-order valence-electron chi connectivity index (χ1n) is 3.28. The van der Waals surface area contributed by atoms with E-state index < -0.39 is 18.1 Å². The molecule has 6 nitrogen and oxygen atoms in total. The van der Waals surface area contributed by atoms with Crippen molar-refractivity contribution >= 4 is 12.1 Å². The number of hydrogen-bond donors (Lipinski definition) is 2. The van der Waals surface area contributed by atoms with E-state index in [9.17, 15) is 9.59 Å². The molecule has 0 aromatic heterocycles. The van der Waals surface area contributed by atoms with Crippen molar-refractivity contribution in [3.05, 3.63) is 12.7 Å². The van der Waals surface area contributed by atoms with E-state index in [1.807, 2.05) is 5.32 Å². The maximum absolute atomic E-state index is 10.7. The number of carbonyl (C=O) groups is 2. The van der Waals surface area contributed by atoms with Crippen LogP contribution >= 0.6 is 0 Å². The molecule has 0 aromatic carbocycles. The number of carboxylic acid groups (broad SMARTS) is 1. The van der Waals surface area contributed by atoms with Gasteiger partial charge in [0.05, 0.1) is 6.07 Å². The van der Waals surface area contributed by atoms with Crippen molar-refractivity contribution in [2.24, 2.45) is 0 Å². The Hall–Kier alpha value is -2.03. The van der Waals surface area contributed by atoms with Crippen LogP contribution in [0.1, 0.15) is 0 Å². The van der Waals surface area contributed by atoms with E-state index in [0.29, 0.717) is 0 Å². The largest absolute Gasteiger partial charge is 0.479 e. The first kappa shape index (κ1) is 11.0. The molecule has 70 valence electrons. The molecule has 1 unspecified atom stereocenters. The van der Waals surface area contributed by atoms with Crippen molar-refractivity contribution in [1.29, 1.82) is 5.26 Å². The number of carboxylic acids is 1. The predicted molar refractivity (Wildman–Crippen MR) is 41.7 cm³/mol. The second-order valence-electron chi connectivity index (χ2n) is 1.93. The second kappa shape index (κ2) is 5.60. The molecule has 1 amide bonds. The fourth-order valence-electron chi connectivity index (χ4n) is 0.443. The molecule has 0 spiro atoms. The number of hydrogen-bond acceptors (Lipinski definition) is 4. The van der Waals surface area contributed by atoms with Crippen molar-refractivity contribution in [2.75, 3.05) is 6.61 Å². The molecule has 0 heterocycles. The normalized spacial score (nSPS) is 10.7. The van der Waals surface area contributed by atoms with Crippen LogP contribution < -0.4 is 5.32 Å². The van der Waals surface area contributed by atoms with Crippen molar-refractivity contribution in [1.82, 2.24) is 5.32 Å². The maximum Gasteiger partial charge on any atom is 0.408 e. The number of ether oxygens (including phenoxy) is 1. The van der Waals surface area contributed by atoms with E-state index in [-0.39, 0.29) is 6.61 Å². The lowest BCUT2D eigenvalue weighted by Crippen LogP contribution is -2.39. The zero-order chi connectivity index (χ0) is 10.3. The summed E-state index contributed by atoms with van der Waals surface area (Å²) in [6, 6.07) is -0.214. The summed E-state index contributed by atoms with van der Waals surface area (Å²) in [6.45, 7) is 3.24. The Kier molecular flexibility index (Phi) is 4.72. The SMILES string of the molecule is C=CCOC(=O)NC(C#N)C(=O)O. The topological polar surface area (TPSA) is 99.4 Å². The molecular formula is C7H8N2O4. The van der Waals surface area contributed by atoms with E-state index in [1.165, 1.54) is 12.1 Å². The molecule has 0 aliphatic rings. The van der Waals surface area contributed by atoms with Crippen molar-refractivity contribution in [3.8, 4) is 6.07 Å². The van der Waals surface area contributed by atoms with Gasteiger partial charge in [0.15, 0.2) is 0 Å². The number of alkyl carbamates (subject to hydrolysis) is 1. The second-order valence-corrected chi connectivity index (χ2v) is 1.93. The summed E-state index contributed by atoms with van der Waals surface area (Å²) in [4.78, 5) is 20.9. The first-order valence-corrected chi connectivity index (χ1v) is 3.28. The molecule has 6 heteroatoms. The summed E-state index contributed by atoms with van der Waals surface area (Å²) >= 11 is 0. The van der Waals surface area contributed by atoms with Gasteiger partial charge in [-0.3, -0.25) is 5.32 Å². The zero-order valence-electron chi connectivity index (χ0n) is 6.69. The molecule has 0 saturated heterocycles. The van der Waals surface area contributed by atoms with Gasteiger partial charge in [-0.1, -0.05) is 12.7 Å². The summed E-state index contributed by atoms with van der Waals surface area (Å²) in [5, 5.41) is 18.4. The molecular weight excluding hydrogens is 176 g/mol. The van der Waals surface area contributed by atoms with Crippen LogP contribution in [0.5, 0.6) is 0 Å². The van der Waals surface area contributed by atoms with Gasteiger partial charge >= 0.3 is 12.1 Å². The van der Waals surface area contributed by atoms with Crippen LogP contribution in [0, 0.1) is 11.3 Å². The van der Waals surface area contributed by atoms with E-state index >= 15 is 0 Å². The van der Waals surface area contributed by atoms with Gasteiger partial charge in [-0.05, 0) is 0 Å². The molecule has 1 atom stereocenters. The standard InChI is InChI=1S/C7H8N2O4/c1-2-3-13-7(12)9-5(4-8)6(10)11/h2,5H,1,3H2,(H,9,12)(H,10,11). The average Bonchev–Trinajstić information content (AvgIpc) is 2.10. The molecule has 13 heavy (non-hydrogen) atoms. The van der Waals surface area contributed by atoms with Crippen LogP contribution in [0.25, 0.3) is 0 Å². The summed E-state index contributed by atoms with van der Waals surface area (Å²) in [5.41, 5.74) is 0. The lowest BCUT2D eigenvalue weighted by Gasteiger charge is -2.06. The molecule has 0 fully saturated rings. The fraction of sp³-hybridized carbons (Fsp3) is 0.286. The van der Waals surface area contributed by atoms with Crippen molar-refractivity contribution in [2.45, 2.75) is 6.04 Å². The number of carbonyl (C=O) groups excluding carboxylic acids is 1. The van der Waals surface area contributed by atoms with Gasteiger partial charge in [-0.15, -0.1) is 0 Å². The number of nitrogens with one attached hydrogen (secondary N) is 1. The Morgan fingerprint density at radius 3 is 2.77 bits per heavy atom. The highest BCUT2D eigenvalue weighted by molar-refractivity contribution is 5.82. The highest BCUT2D eigenvalue weighted by Crippen LogP contribution is 1.84. The molecule has 0 aromatic rings. The number of nitrogens with zero attached hydrogens (tertiary/aromatic N) is 1. The minimum absolute atomic E-state index is 0.0381. The summed E-state index contributed by atoms with van der Waals surface area (Å²) in [7, 11) is 0. The Morgan fingerprint density at radius 2 is 2.38 bits per heavy atom. The lowest BCUT2D eigenvalue weighted by molar-refractivity contribution is -0.137. The monoisotopic (exact) mass is 184 g/mol. The lowest BCUT2D eigenvalue weighted by atomic mass is 10.3. The highest BCUT2D eigenvalue weighted by atomic mass is 16.5. The Labute approximate surface area is 74.4 Å². The average molecular weight is 184 g/mol. The first-order chi connectivity index (χ1) is 6.11. The van der Waals surface area contributed by atoms with Crippen molar-refractivity contribution in [3.63, 3.8) is 0 Å². The number of aliphatic carboxylic acids is 1. The fourth-order valence-corrected chi connectivity index (χ4v) is 0.443. The molecule has 0 rings (SSSR count). The van der Waals surface area contributed by atoms with Crippen LogP contribution in [-0.2, 0) is 9.53 Å². The third-order valence-electron chi connectivity index (χ3n) is 0.971. The van der Waals surface area contributed by atoms with E-state index in [0.717, 1.165) is 0 Å². The van der Waals surface area contributed by atoms with Gasteiger partial charge in [0.1, 0.15) is 6.61 Å². The molecule has 0 aliphatic carbocycles. The van der Waals surface area contributed by atoms with Gasteiger partial charge in [-0.25, -0.2) is 9.59 Å². The minimum Gasteiger partial charge on any atom is -0.479 e. The van der Waals surface area contributed by atoms with Gasteiger partial charge in [0.2, 0.25) is 6.04 Å². The quantitative estimate of drug-likeness (QED) is 0.593. The zero-order valence-corrected chi connectivity index (χ0v) is 6.69. The van der Waals surface area contributed by atoms with E-state index in [1.54, 1.807) is 0 Å². The highest BCUT2D eigenvalue weighted by Gasteiger charge is 2.19. The summed E-state index contributed by atoms with van der Waals surface area (Å²) in [6.07, 6.45) is 0.357. The van der Waals surface area contributed by atoms with Gasteiger partial charge in [-0.2, -0.15) is 5.26 Å². The summed E-state index contributed by atoms with van der Waals surface area (Å²) in [5.74, 6) is -1.43. The maximum atomic E-state index is 10.7. The summed E-state index contributed by atoms with van der Waals surface area (Å²) < 4.78 is 4.39. The van der Waals surface area contributed by atoms with Crippen LogP contribution in [0.2, 0.25) is 0 Å². The smallest absolute Gasteiger partial charge is 0.408 e. The number of nitriles is 1. The molecule has 0 saturated carbocycles. The van der Waals surface area contributed by atoms with E-state index in [4.69, 9.17) is 10.4 Å².